The van der Waals surface area contributed by atoms with Crippen molar-refractivity contribution in [3.63, 3.8) is 0 Å². The van der Waals surface area contributed by atoms with Crippen molar-refractivity contribution in [1.29, 1.82) is 0 Å². The number of amides is 2. The van der Waals surface area contributed by atoms with Gasteiger partial charge in [-0.1, -0.05) is 37.3 Å². The van der Waals surface area contributed by atoms with Crippen LogP contribution in [0.2, 0.25) is 0 Å². The van der Waals surface area contributed by atoms with Crippen LogP contribution in [0.15, 0.2) is 83.8 Å². The lowest BCUT2D eigenvalue weighted by Crippen LogP contribution is -2.55. The molecule has 0 fully saturated rings. The highest BCUT2D eigenvalue weighted by Crippen LogP contribution is 2.26. The molecule has 0 bridgehead atoms. The number of halogens is 1. The smallest absolute Gasteiger partial charge is 0.264 e. The normalized spacial score (nSPS) is 12.3. The molecule has 0 saturated carbocycles. The number of carbonyl (C=O) groups excluding carboxylic acids is 2. The van der Waals surface area contributed by atoms with Crippen LogP contribution in [0.25, 0.3) is 0 Å². The van der Waals surface area contributed by atoms with Crippen LogP contribution in [0.3, 0.4) is 0 Å². The molecular weight excluding hydrogens is 545 g/mol. The summed E-state index contributed by atoms with van der Waals surface area (Å²) in [5, 5.41) is 2.92. The van der Waals surface area contributed by atoms with Gasteiger partial charge in [0.25, 0.3) is 10.0 Å². The number of nitrogens with zero attached hydrogens (tertiary/aromatic N) is 2. The molecule has 2 amide bonds. The number of sulfonamides is 1. The van der Waals surface area contributed by atoms with Crippen molar-refractivity contribution < 1.29 is 27.1 Å². The van der Waals surface area contributed by atoms with Crippen molar-refractivity contribution in [1.82, 2.24) is 10.2 Å². The van der Waals surface area contributed by atoms with Gasteiger partial charge in [0, 0.05) is 12.1 Å². The Kier molecular flexibility index (Phi) is 10.5. The zero-order valence-corrected chi connectivity index (χ0v) is 24.9. The van der Waals surface area contributed by atoms with Crippen LogP contribution < -0.4 is 14.4 Å². The fourth-order valence-corrected chi connectivity index (χ4v) is 5.70. The number of para-hydroxylation sites is 1. The molecule has 3 aromatic rings. The second-order valence-corrected chi connectivity index (χ2v) is 12.4. The zero-order chi connectivity index (χ0) is 30.2. The molecule has 0 aliphatic rings. The summed E-state index contributed by atoms with van der Waals surface area (Å²) in [6, 6.07) is 19.1. The van der Waals surface area contributed by atoms with Crippen LogP contribution in [0, 0.1) is 5.82 Å². The topological polar surface area (TPSA) is 96.0 Å². The Morgan fingerprint density at radius 3 is 2.07 bits per heavy atom. The lowest BCUT2D eigenvalue weighted by Gasteiger charge is -2.34. The van der Waals surface area contributed by atoms with Crippen molar-refractivity contribution in [2.75, 3.05) is 17.5 Å². The van der Waals surface area contributed by atoms with Crippen molar-refractivity contribution in [2.24, 2.45) is 0 Å². The molecule has 0 heterocycles. The molecular formula is C31H38FN3O5S. The van der Waals surface area contributed by atoms with Crippen molar-refractivity contribution >= 4 is 27.5 Å². The van der Waals surface area contributed by atoms with E-state index >= 15 is 0 Å². The molecule has 3 rings (SSSR count). The molecule has 8 nitrogen and oxygen atoms in total. The maximum atomic E-state index is 14.0. The molecule has 0 aliphatic carbocycles. The first-order chi connectivity index (χ1) is 19.4. The third-order valence-electron chi connectivity index (χ3n) is 6.20. The van der Waals surface area contributed by atoms with E-state index in [2.05, 4.69) is 5.32 Å². The van der Waals surface area contributed by atoms with E-state index < -0.39 is 39.9 Å². The second kappa shape index (κ2) is 13.6. The highest BCUT2D eigenvalue weighted by molar-refractivity contribution is 7.92. The van der Waals surface area contributed by atoms with E-state index in [1.807, 2.05) is 27.7 Å². The van der Waals surface area contributed by atoms with Gasteiger partial charge in [0.1, 0.15) is 24.2 Å². The Hall–Kier alpha value is -3.92. The third-order valence-corrected chi connectivity index (χ3v) is 7.98. The van der Waals surface area contributed by atoms with Crippen molar-refractivity contribution in [2.45, 2.75) is 64.1 Å². The molecule has 1 N–H and O–H groups in total. The van der Waals surface area contributed by atoms with Gasteiger partial charge in [-0.2, -0.15) is 0 Å². The predicted molar refractivity (Wildman–Crippen MR) is 158 cm³/mol. The Bertz CT molecular complexity index is 1410. The molecule has 41 heavy (non-hydrogen) atoms. The van der Waals surface area contributed by atoms with Crippen LogP contribution in [0.5, 0.6) is 5.75 Å². The van der Waals surface area contributed by atoms with E-state index in [1.165, 1.54) is 41.3 Å². The third kappa shape index (κ3) is 8.53. The van der Waals surface area contributed by atoms with Gasteiger partial charge < -0.3 is 15.0 Å². The Morgan fingerprint density at radius 1 is 0.927 bits per heavy atom. The minimum Gasteiger partial charge on any atom is -0.494 e. The summed E-state index contributed by atoms with van der Waals surface area (Å²) < 4.78 is 47.9. The molecule has 0 radical (unpaired) electrons. The van der Waals surface area contributed by atoms with E-state index in [9.17, 15) is 22.4 Å². The van der Waals surface area contributed by atoms with E-state index in [0.717, 1.165) is 4.31 Å². The summed E-state index contributed by atoms with van der Waals surface area (Å²) in [5.41, 5.74) is 0.341. The molecule has 3 aromatic carbocycles. The Morgan fingerprint density at radius 2 is 1.54 bits per heavy atom. The first-order valence-electron chi connectivity index (χ1n) is 13.5. The number of benzene rings is 3. The average Bonchev–Trinajstić information content (AvgIpc) is 2.92. The second-order valence-electron chi connectivity index (χ2n) is 10.6. The largest absolute Gasteiger partial charge is 0.494 e. The van der Waals surface area contributed by atoms with Gasteiger partial charge in [-0.15, -0.1) is 0 Å². The molecule has 1 atom stereocenters. The van der Waals surface area contributed by atoms with Crippen LogP contribution >= 0.6 is 0 Å². The minimum atomic E-state index is -4.19. The van der Waals surface area contributed by atoms with Gasteiger partial charge in [-0.25, -0.2) is 12.8 Å². The molecule has 0 unspecified atom stereocenters. The highest BCUT2D eigenvalue weighted by atomic mass is 32.2. The monoisotopic (exact) mass is 583 g/mol. The van der Waals surface area contributed by atoms with Crippen molar-refractivity contribution in [3.05, 3.63) is 90.2 Å². The van der Waals surface area contributed by atoms with Crippen LogP contribution in [0.1, 0.15) is 46.6 Å². The molecule has 0 aromatic heterocycles. The predicted octanol–water partition coefficient (Wildman–Crippen LogP) is 5.14. The zero-order valence-electron chi connectivity index (χ0n) is 24.1. The molecule has 10 heteroatoms. The van der Waals surface area contributed by atoms with Crippen LogP contribution in [-0.2, 0) is 26.2 Å². The quantitative estimate of drug-likeness (QED) is 0.319. The van der Waals surface area contributed by atoms with E-state index in [1.54, 1.807) is 49.4 Å². The van der Waals surface area contributed by atoms with Gasteiger partial charge in [0.2, 0.25) is 11.8 Å². The highest BCUT2D eigenvalue weighted by Gasteiger charge is 2.34. The molecule has 0 saturated heterocycles. The summed E-state index contributed by atoms with van der Waals surface area (Å²) in [6.07, 6.45) is 0.284. The van der Waals surface area contributed by atoms with Gasteiger partial charge in [-0.05, 0) is 88.2 Å². The van der Waals surface area contributed by atoms with E-state index in [0.29, 0.717) is 23.6 Å². The van der Waals surface area contributed by atoms with Crippen LogP contribution in [-0.4, -0.2) is 49.9 Å². The van der Waals surface area contributed by atoms with Gasteiger partial charge in [0.05, 0.1) is 17.2 Å². The molecule has 220 valence electrons. The summed E-state index contributed by atoms with van der Waals surface area (Å²) >= 11 is 0. The minimum absolute atomic E-state index is 0.0130. The van der Waals surface area contributed by atoms with Crippen LogP contribution in [0.4, 0.5) is 10.1 Å². The van der Waals surface area contributed by atoms with E-state index in [-0.39, 0.29) is 23.8 Å². The summed E-state index contributed by atoms with van der Waals surface area (Å²) in [6.45, 7) is 8.99. The fraction of sp³-hybridized carbons (Fsp3) is 0.355. The first-order valence-corrected chi connectivity index (χ1v) is 15.0. The van der Waals surface area contributed by atoms with Gasteiger partial charge in [-0.3, -0.25) is 13.9 Å². The standard InChI is InChI=1S/C31H38FN3O5S/c1-6-28(30(37)33-31(3,4)5)34(21-23-13-15-24(32)16-14-23)29(36)22-35(25-11-9-8-10-12-25)41(38,39)27-19-17-26(18-20-27)40-7-2/h8-20,28H,6-7,21-22H2,1-5H3,(H,33,37)/t28-/m1/s1. The van der Waals surface area contributed by atoms with E-state index in [4.69, 9.17) is 4.74 Å². The number of anilines is 1. The maximum Gasteiger partial charge on any atom is 0.264 e. The van der Waals surface area contributed by atoms with Gasteiger partial charge >= 0.3 is 0 Å². The summed E-state index contributed by atoms with van der Waals surface area (Å²) in [5.74, 6) is -0.851. The number of hydrogen-bond acceptors (Lipinski definition) is 5. The fourth-order valence-electron chi connectivity index (χ4n) is 4.28. The average molecular weight is 584 g/mol. The maximum absolute atomic E-state index is 14.0. The summed E-state index contributed by atoms with van der Waals surface area (Å²) in [4.78, 5) is 28.7. The first kappa shape index (κ1) is 31.6. The van der Waals surface area contributed by atoms with Crippen molar-refractivity contribution in [3.8, 4) is 5.75 Å². The molecule has 0 spiro atoms. The number of carbonyl (C=O) groups is 2. The Balaban J connectivity index is 2.03. The number of rotatable bonds is 12. The number of hydrogen-bond donors (Lipinski definition) is 1. The lowest BCUT2D eigenvalue weighted by molar-refractivity contribution is -0.141. The van der Waals surface area contributed by atoms with Gasteiger partial charge in [0.15, 0.2) is 0 Å². The SMILES string of the molecule is CCOc1ccc(S(=O)(=O)N(CC(=O)N(Cc2ccc(F)cc2)[C@H](CC)C(=O)NC(C)(C)C)c2ccccc2)cc1. The lowest BCUT2D eigenvalue weighted by atomic mass is 10.1. The summed E-state index contributed by atoms with van der Waals surface area (Å²) in [7, 11) is -4.19. The number of nitrogens with one attached hydrogen (secondary N) is 1. The number of ether oxygens (including phenoxy) is 1. The molecule has 0 aliphatic heterocycles. The Labute approximate surface area is 242 Å².